The van der Waals surface area contributed by atoms with Crippen LogP contribution in [0.4, 0.5) is 5.69 Å². The highest BCUT2D eigenvalue weighted by Crippen LogP contribution is 2.23. The Balaban J connectivity index is 1.66. The molecule has 1 heterocycles. The number of hydrogen-bond acceptors (Lipinski definition) is 5. The largest absolute Gasteiger partial charge is 0.545 e. The van der Waals surface area contributed by atoms with E-state index in [0.717, 1.165) is 4.90 Å². The van der Waals surface area contributed by atoms with Crippen molar-refractivity contribution >= 4 is 29.4 Å². The molecule has 0 unspecified atom stereocenters. The topological polar surface area (TPSA) is 107 Å². The predicted octanol–water partition coefficient (Wildman–Crippen LogP) is 0.983. The van der Waals surface area contributed by atoms with Gasteiger partial charge in [0.05, 0.1) is 17.1 Å². The highest BCUT2D eigenvalue weighted by atomic mass is 16.4. The minimum absolute atomic E-state index is 0.0110. The molecule has 0 saturated heterocycles. The van der Waals surface area contributed by atoms with Gasteiger partial charge in [-0.25, -0.2) is 0 Å². The van der Waals surface area contributed by atoms with Crippen LogP contribution in [0.15, 0.2) is 42.5 Å². The van der Waals surface area contributed by atoms with E-state index in [1.165, 1.54) is 12.1 Å². The Morgan fingerprint density at radius 1 is 1.00 bits per heavy atom. The van der Waals surface area contributed by atoms with Crippen molar-refractivity contribution in [2.45, 2.75) is 13.3 Å². The van der Waals surface area contributed by atoms with Crippen LogP contribution in [0.2, 0.25) is 0 Å². The van der Waals surface area contributed by atoms with Gasteiger partial charge < -0.3 is 15.2 Å². The summed E-state index contributed by atoms with van der Waals surface area (Å²) in [6.07, 6.45) is -0.0968. The molecule has 3 amide bonds. The maximum atomic E-state index is 12.3. The number of amides is 3. The minimum Gasteiger partial charge on any atom is -0.545 e. The second-order valence-electron chi connectivity index (χ2n) is 5.87. The molecule has 132 valence electrons. The quantitative estimate of drug-likeness (QED) is 0.808. The summed E-state index contributed by atoms with van der Waals surface area (Å²) in [5.41, 5.74) is 1.37. The van der Waals surface area contributed by atoms with Gasteiger partial charge in [0.2, 0.25) is 5.91 Å². The third-order valence-electron chi connectivity index (χ3n) is 4.27. The van der Waals surface area contributed by atoms with Gasteiger partial charge in [-0.15, -0.1) is 0 Å². The van der Waals surface area contributed by atoms with E-state index < -0.39 is 23.7 Å². The Kier molecular flexibility index (Phi) is 4.53. The molecule has 7 heteroatoms. The van der Waals surface area contributed by atoms with Crippen LogP contribution in [0.25, 0.3) is 0 Å². The number of anilines is 1. The average Bonchev–Trinajstić information content (AvgIpc) is 2.86. The SMILES string of the molecule is Cc1c(NC(=O)CCN2C(=O)c3ccccc3C2=O)cccc1C(=O)[O-]. The van der Waals surface area contributed by atoms with Gasteiger partial charge in [0.1, 0.15) is 0 Å². The first kappa shape index (κ1) is 17.3. The number of nitrogens with one attached hydrogen (secondary N) is 1. The summed E-state index contributed by atoms with van der Waals surface area (Å²) < 4.78 is 0. The lowest BCUT2D eigenvalue weighted by molar-refractivity contribution is -0.255. The molecule has 1 N–H and O–H groups in total. The molecule has 7 nitrogen and oxygen atoms in total. The molecule has 0 saturated carbocycles. The second-order valence-corrected chi connectivity index (χ2v) is 5.87. The molecule has 3 rings (SSSR count). The summed E-state index contributed by atoms with van der Waals surface area (Å²) in [4.78, 5) is 48.7. The highest BCUT2D eigenvalue weighted by molar-refractivity contribution is 6.21. The van der Waals surface area contributed by atoms with E-state index in [0.29, 0.717) is 22.4 Å². The maximum absolute atomic E-state index is 12.3. The van der Waals surface area contributed by atoms with Crippen molar-refractivity contribution in [2.24, 2.45) is 0 Å². The van der Waals surface area contributed by atoms with Gasteiger partial charge in [-0.1, -0.05) is 24.3 Å². The van der Waals surface area contributed by atoms with Crippen LogP contribution in [-0.2, 0) is 4.79 Å². The number of nitrogens with zero attached hydrogens (tertiary/aromatic N) is 1. The van der Waals surface area contributed by atoms with E-state index in [9.17, 15) is 24.3 Å². The molecule has 0 atom stereocenters. The number of rotatable bonds is 5. The predicted molar refractivity (Wildman–Crippen MR) is 90.6 cm³/mol. The van der Waals surface area contributed by atoms with E-state index in [2.05, 4.69) is 5.32 Å². The van der Waals surface area contributed by atoms with E-state index >= 15 is 0 Å². The molecule has 0 aliphatic carbocycles. The monoisotopic (exact) mass is 351 g/mol. The average molecular weight is 351 g/mol. The number of hydrogen-bond donors (Lipinski definition) is 1. The first-order valence-electron chi connectivity index (χ1n) is 7.96. The molecule has 0 radical (unpaired) electrons. The van der Waals surface area contributed by atoms with Gasteiger partial charge in [0.15, 0.2) is 0 Å². The zero-order valence-corrected chi connectivity index (χ0v) is 13.9. The zero-order chi connectivity index (χ0) is 18.8. The van der Waals surface area contributed by atoms with Crippen molar-refractivity contribution in [3.63, 3.8) is 0 Å². The number of carboxylic acids is 1. The number of carbonyl (C=O) groups is 4. The first-order chi connectivity index (χ1) is 12.4. The second kappa shape index (κ2) is 6.79. The molecule has 0 spiro atoms. The summed E-state index contributed by atoms with van der Waals surface area (Å²) in [5.74, 6) is -2.60. The number of fused-ring (bicyclic) bond motifs is 1. The molecule has 2 aromatic rings. The van der Waals surface area contributed by atoms with Gasteiger partial charge in [0, 0.05) is 24.2 Å². The van der Waals surface area contributed by atoms with Crippen LogP contribution in [-0.4, -0.2) is 35.1 Å². The molecule has 1 aliphatic rings. The molecule has 0 aromatic heterocycles. The molecular formula is C19H15N2O5-. The Morgan fingerprint density at radius 2 is 1.62 bits per heavy atom. The summed E-state index contributed by atoms with van der Waals surface area (Å²) in [6.45, 7) is 1.50. The van der Waals surface area contributed by atoms with E-state index in [1.54, 1.807) is 37.3 Å². The zero-order valence-electron chi connectivity index (χ0n) is 13.9. The fourth-order valence-electron chi connectivity index (χ4n) is 2.86. The number of benzene rings is 2. The van der Waals surface area contributed by atoms with Crippen molar-refractivity contribution in [3.05, 3.63) is 64.7 Å². The minimum atomic E-state index is -1.33. The first-order valence-corrected chi connectivity index (χ1v) is 7.96. The van der Waals surface area contributed by atoms with Crippen molar-refractivity contribution in [1.82, 2.24) is 4.90 Å². The molecule has 0 fully saturated rings. The summed E-state index contributed by atoms with van der Waals surface area (Å²) >= 11 is 0. The van der Waals surface area contributed by atoms with Crippen molar-refractivity contribution in [2.75, 3.05) is 11.9 Å². The molecular weight excluding hydrogens is 336 g/mol. The Hall–Kier alpha value is -3.48. The number of carboxylic acid groups (broad SMARTS) is 1. The lowest BCUT2D eigenvalue weighted by Crippen LogP contribution is -2.33. The number of imide groups is 1. The van der Waals surface area contributed by atoms with Crippen molar-refractivity contribution < 1.29 is 24.3 Å². The summed E-state index contributed by atoms with van der Waals surface area (Å²) in [7, 11) is 0. The number of carbonyl (C=O) groups excluding carboxylic acids is 4. The molecule has 1 aliphatic heterocycles. The van der Waals surface area contributed by atoms with E-state index in [-0.39, 0.29) is 18.5 Å². The highest BCUT2D eigenvalue weighted by Gasteiger charge is 2.34. The van der Waals surface area contributed by atoms with Crippen LogP contribution < -0.4 is 10.4 Å². The van der Waals surface area contributed by atoms with E-state index in [1.807, 2.05) is 0 Å². The van der Waals surface area contributed by atoms with Gasteiger partial charge in [-0.05, 0) is 30.7 Å². The summed E-state index contributed by atoms with van der Waals surface area (Å²) in [5, 5.41) is 13.6. The van der Waals surface area contributed by atoms with Gasteiger partial charge in [-0.3, -0.25) is 19.3 Å². The molecule has 0 bridgehead atoms. The molecule has 2 aromatic carbocycles. The fourth-order valence-corrected chi connectivity index (χ4v) is 2.86. The normalized spacial score (nSPS) is 12.9. The maximum Gasteiger partial charge on any atom is 0.261 e. The lowest BCUT2D eigenvalue weighted by Gasteiger charge is -2.15. The van der Waals surface area contributed by atoms with Crippen LogP contribution >= 0.6 is 0 Å². The molecule has 26 heavy (non-hydrogen) atoms. The van der Waals surface area contributed by atoms with Gasteiger partial charge in [0.25, 0.3) is 11.8 Å². The number of aromatic carboxylic acids is 1. The van der Waals surface area contributed by atoms with Crippen LogP contribution in [0.5, 0.6) is 0 Å². The van der Waals surface area contributed by atoms with E-state index in [4.69, 9.17) is 0 Å². The van der Waals surface area contributed by atoms with Gasteiger partial charge in [-0.2, -0.15) is 0 Å². The Labute approximate surface area is 149 Å². The Bertz CT molecular complexity index is 900. The smallest absolute Gasteiger partial charge is 0.261 e. The van der Waals surface area contributed by atoms with Crippen molar-refractivity contribution in [1.29, 1.82) is 0 Å². The third kappa shape index (κ3) is 3.06. The van der Waals surface area contributed by atoms with Crippen molar-refractivity contribution in [3.8, 4) is 0 Å². The Morgan fingerprint density at radius 3 is 2.19 bits per heavy atom. The van der Waals surface area contributed by atoms with Crippen LogP contribution in [0.3, 0.4) is 0 Å². The van der Waals surface area contributed by atoms with Gasteiger partial charge >= 0.3 is 0 Å². The van der Waals surface area contributed by atoms with Crippen LogP contribution in [0, 0.1) is 6.92 Å². The fraction of sp³-hybridized carbons (Fsp3) is 0.158. The van der Waals surface area contributed by atoms with Crippen LogP contribution in [0.1, 0.15) is 43.1 Å². The third-order valence-corrected chi connectivity index (χ3v) is 4.27. The standard InChI is InChI=1S/C19H16N2O5/c1-11-12(19(25)26)7-4-8-15(11)20-16(22)9-10-21-17(23)13-5-2-3-6-14(13)18(21)24/h2-8H,9-10H2,1H3,(H,20,22)(H,25,26)/p-1. The lowest BCUT2D eigenvalue weighted by atomic mass is 10.1. The summed E-state index contributed by atoms with van der Waals surface area (Å²) in [6, 6.07) is 11.0.